The van der Waals surface area contributed by atoms with Crippen LogP contribution >= 0.6 is 0 Å². The van der Waals surface area contributed by atoms with Crippen molar-refractivity contribution < 1.29 is 17.9 Å². The van der Waals surface area contributed by atoms with E-state index < -0.39 is 16.0 Å². The highest BCUT2D eigenvalue weighted by Gasteiger charge is 2.29. The largest absolute Gasteiger partial charge is 0.465 e. The van der Waals surface area contributed by atoms with Gasteiger partial charge in [0.2, 0.25) is 10.0 Å². The van der Waals surface area contributed by atoms with Crippen LogP contribution in [0.3, 0.4) is 0 Å². The summed E-state index contributed by atoms with van der Waals surface area (Å²) in [5.74, 6) is -0.335. The molecule has 1 aromatic carbocycles. The molecule has 0 fully saturated rings. The van der Waals surface area contributed by atoms with Crippen molar-refractivity contribution in [3.8, 4) is 0 Å². The predicted molar refractivity (Wildman–Crippen MR) is 86.4 cm³/mol. The van der Waals surface area contributed by atoms with E-state index >= 15 is 0 Å². The van der Waals surface area contributed by atoms with E-state index in [1.807, 2.05) is 27.7 Å². The maximum absolute atomic E-state index is 13.0. The van der Waals surface area contributed by atoms with Crippen molar-refractivity contribution in [2.45, 2.75) is 45.6 Å². The quantitative estimate of drug-likeness (QED) is 0.754. The number of aryl methyl sites for hydroxylation is 1. The van der Waals surface area contributed by atoms with Gasteiger partial charge in [0.25, 0.3) is 0 Å². The van der Waals surface area contributed by atoms with Gasteiger partial charge in [-0.3, -0.25) is 0 Å². The lowest BCUT2D eigenvalue weighted by Gasteiger charge is -2.28. The lowest BCUT2D eigenvalue weighted by molar-refractivity contribution is 0.0600. The summed E-state index contributed by atoms with van der Waals surface area (Å²) in [6.45, 7) is 9.80. The minimum atomic E-state index is -3.66. The van der Waals surface area contributed by atoms with Gasteiger partial charge >= 0.3 is 5.97 Å². The number of esters is 1. The summed E-state index contributed by atoms with van der Waals surface area (Å²) in [6, 6.07) is 4.44. The Balaban J connectivity index is 3.39. The molecule has 0 saturated heterocycles. The van der Waals surface area contributed by atoms with Crippen LogP contribution in [0.25, 0.3) is 0 Å². The molecule has 1 rings (SSSR count). The minimum Gasteiger partial charge on any atom is -0.465 e. The Hall–Kier alpha value is -1.40. The molecule has 0 aliphatic rings. The first-order valence-corrected chi connectivity index (χ1v) is 8.76. The molecule has 0 amide bonds. The van der Waals surface area contributed by atoms with Crippen LogP contribution in [0.2, 0.25) is 0 Å². The molecule has 0 aromatic heterocycles. The highest BCUT2D eigenvalue weighted by molar-refractivity contribution is 7.89. The molecule has 0 atom stereocenters. The van der Waals surface area contributed by atoms with Gasteiger partial charge in [0, 0.05) is 12.6 Å². The normalized spacial score (nSPS) is 12.2. The predicted octanol–water partition coefficient (Wildman–Crippen LogP) is 2.84. The van der Waals surface area contributed by atoms with Gasteiger partial charge in [0.15, 0.2) is 0 Å². The second-order valence-corrected chi connectivity index (χ2v) is 7.89. The van der Waals surface area contributed by atoms with Crippen molar-refractivity contribution in [3.05, 3.63) is 29.3 Å². The summed E-state index contributed by atoms with van der Waals surface area (Å²) in [7, 11) is -2.39. The fraction of sp³-hybridized carbons (Fsp3) is 0.562. The van der Waals surface area contributed by atoms with E-state index in [-0.39, 0.29) is 22.4 Å². The Labute approximate surface area is 133 Å². The maximum Gasteiger partial charge on any atom is 0.337 e. The Morgan fingerprint density at radius 1 is 1.23 bits per heavy atom. The van der Waals surface area contributed by atoms with Gasteiger partial charge in [-0.1, -0.05) is 19.9 Å². The highest BCUT2D eigenvalue weighted by Crippen LogP contribution is 2.24. The van der Waals surface area contributed by atoms with E-state index in [9.17, 15) is 13.2 Å². The van der Waals surface area contributed by atoms with Crippen molar-refractivity contribution in [2.24, 2.45) is 5.92 Å². The van der Waals surface area contributed by atoms with E-state index in [2.05, 4.69) is 4.74 Å². The SMILES string of the molecule is COC(=O)c1ccc(C)c(S(=O)(=O)N(CC(C)C)C(C)C)c1. The first-order chi connectivity index (χ1) is 10.1. The molecule has 0 aliphatic carbocycles. The molecule has 1 aromatic rings. The fourth-order valence-corrected chi connectivity index (χ4v) is 4.25. The summed E-state index contributed by atoms with van der Waals surface area (Å²) < 4.78 is 32.1. The Morgan fingerprint density at radius 3 is 2.27 bits per heavy atom. The van der Waals surface area contributed by atoms with Gasteiger partial charge in [-0.25, -0.2) is 13.2 Å². The first kappa shape index (κ1) is 18.6. The second-order valence-electron chi connectivity index (χ2n) is 6.03. The number of benzene rings is 1. The van der Waals surface area contributed by atoms with Gasteiger partial charge in [0.1, 0.15) is 0 Å². The first-order valence-electron chi connectivity index (χ1n) is 7.32. The Morgan fingerprint density at radius 2 is 1.82 bits per heavy atom. The molecule has 0 heterocycles. The van der Waals surface area contributed by atoms with E-state index in [1.54, 1.807) is 19.1 Å². The van der Waals surface area contributed by atoms with Crippen molar-refractivity contribution in [3.63, 3.8) is 0 Å². The zero-order valence-electron chi connectivity index (χ0n) is 14.1. The van der Waals surface area contributed by atoms with Gasteiger partial charge in [-0.2, -0.15) is 4.31 Å². The molecule has 22 heavy (non-hydrogen) atoms. The third-order valence-electron chi connectivity index (χ3n) is 3.32. The summed E-state index contributed by atoms with van der Waals surface area (Å²) in [4.78, 5) is 11.8. The van der Waals surface area contributed by atoms with Crippen LogP contribution in [-0.4, -0.2) is 38.4 Å². The highest BCUT2D eigenvalue weighted by atomic mass is 32.2. The summed E-state index contributed by atoms with van der Waals surface area (Å²) in [5.41, 5.74) is 0.849. The summed E-state index contributed by atoms with van der Waals surface area (Å²) in [6.07, 6.45) is 0. The van der Waals surface area contributed by atoms with Crippen molar-refractivity contribution >= 4 is 16.0 Å². The van der Waals surface area contributed by atoms with Crippen LogP contribution in [0, 0.1) is 12.8 Å². The van der Waals surface area contributed by atoms with Crippen LogP contribution in [0.4, 0.5) is 0 Å². The van der Waals surface area contributed by atoms with E-state index in [4.69, 9.17) is 0 Å². The molecule has 0 spiro atoms. The topological polar surface area (TPSA) is 63.7 Å². The summed E-state index contributed by atoms with van der Waals surface area (Å²) >= 11 is 0. The number of nitrogens with zero attached hydrogens (tertiary/aromatic N) is 1. The van der Waals surface area contributed by atoms with Gasteiger partial charge in [-0.05, 0) is 44.4 Å². The zero-order chi connectivity index (χ0) is 17.1. The molecule has 0 aliphatic heterocycles. The van der Waals surface area contributed by atoms with Crippen molar-refractivity contribution in [1.29, 1.82) is 0 Å². The van der Waals surface area contributed by atoms with Crippen molar-refractivity contribution in [1.82, 2.24) is 4.31 Å². The number of hydrogen-bond donors (Lipinski definition) is 0. The van der Waals surface area contributed by atoms with Crippen LogP contribution in [0.1, 0.15) is 43.6 Å². The zero-order valence-corrected chi connectivity index (χ0v) is 14.9. The standard InChI is InChI=1S/C16H25NO4S/c1-11(2)10-17(12(3)4)22(19,20)15-9-14(16(18)21-6)8-7-13(15)5/h7-9,11-12H,10H2,1-6H3. The number of ether oxygens (including phenoxy) is 1. The number of carbonyl (C=O) groups excluding carboxylic acids is 1. The maximum atomic E-state index is 13.0. The number of carbonyl (C=O) groups is 1. The molecule has 5 nitrogen and oxygen atoms in total. The van der Waals surface area contributed by atoms with Crippen molar-refractivity contribution in [2.75, 3.05) is 13.7 Å². The van der Waals surface area contributed by atoms with Crippen LogP contribution in [0.15, 0.2) is 23.1 Å². The number of rotatable bonds is 6. The molecule has 0 N–H and O–H groups in total. The Bertz CT molecular complexity index is 636. The van der Waals surface area contributed by atoms with Gasteiger partial charge in [0.05, 0.1) is 17.6 Å². The molecule has 0 unspecified atom stereocenters. The van der Waals surface area contributed by atoms with Gasteiger partial charge < -0.3 is 4.74 Å². The monoisotopic (exact) mass is 327 g/mol. The fourth-order valence-electron chi connectivity index (χ4n) is 2.20. The average molecular weight is 327 g/mol. The second kappa shape index (κ2) is 7.24. The molecule has 0 radical (unpaired) electrons. The minimum absolute atomic E-state index is 0.157. The molecular weight excluding hydrogens is 302 g/mol. The van der Waals surface area contributed by atoms with E-state index in [1.165, 1.54) is 17.5 Å². The van der Waals surface area contributed by atoms with Crippen LogP contribution in [-0.2, 0) is 14.8 Å². The van der Waals surface area contributed by atoms with Gasteiger partial charge in [-0.15, -0.1) is 0 Å². The Kier molecular flexibility index (Phi) is 6.14. The molecule has 0 bridgehead atoms. The van der Waals surface area contributed by atoms with E-state index in [0.29, 0.717) is 12.1 Å². The lowest BCUT2D eigenvalue weighted by Crippen LogP contribution is -2.39. The number of hydrogen-bond acceptors (Lipinski definition) is 4. The number of sulfonamides is 1. The molecular formula is C16H25NO4S. The lowest BCUT2D eigenvalue weighted by atomic mass is 10.1. The molecule has 124 valence electrons. The summed E-state index contributed by atoms with van der Waals surface area (Å²) in [5, 5.41) is 0. The third-order valence-corrected chi connectivity index (χ3v) is 5.50. The number of methoxy groups -OCH3 is 1. The third kappa shape index (κ3) is 4.08. The molecule has 0 saturated carbocycles. The van der Waals surface area contributed by atoms with Crippen LogP contribution < -0.4 is 0 Å². The van der Waals surface area contributed by atoms with Crippen LogP contribution in [0.5, 0.6) is 0 Å². The van der Waals surface area contributed by atoms with E-state index in [0.717, 1.165) is 0 Å². The average Bonchev–Trinajstić information content (AvgIpc) is 2.43. The molecule has 6 heteroatoms. The smallest absolute Gasteiger partial charge is 0.337 e.